The zero-order chi connectivity index (χ0) is 38.2. The van der Waals surface area contributed by atoms with Gasteiger partial charge in [-0.05, 0) is 127 Å². The number of nitrogens with zero attached hydrogens (tertiary/aromatic N) is 6. The number of piperazine rings is 1. The number of hydrogen-bond acceptors (Lipinski definition) is 9. The molecule has 12 heteroatoms. The highest BCUT2D eigenvalue weighted by Gasteiger charge is 2.51. The first-order valence-electron chi connectivity index (χ1n) is 20.7. The minimum Gasteiger partial charge on any atom is -0.461 e. The summed E-state index contributed by atoms with van der Waals surface area (Å²) in [4.78, 5) is 33.4. The molecule has 0 N–H and O–H groups in total. The summed E-state index contributed by atoms with van der Waals surface area (Å²) >= 11 is 6.83. The Bertz CT molecular complexity index is 1730. The van der Waals surface area contributed by atoms with Crippen LogP contribution < -0.4 is 14.5 Å². The van der Waals surface area contributed by atoms with Gasteiger partial charge in [-0.3, -0.25) is 9.80 Å². The Morgan fingerprint density at radius 2 is 1.70 bits per heavy atom. The van der Waals surface area contributed by atoms with Crippen LogP contribution in [0.25, 0.3) is 0 Å². The molecule has 1 aromatic heterocycles. The Labute approximate surface area is 329 Å². The minimum atomic E-state index is -1.84. The fourth-order valence-electron chi connectivity index (χ4n) is 9.70. The second-order valence-corrected chi connectivity index (χ2v) is 24.8. The summed E-state index contributed by atoms with van der Waals surface area (Å²) < 4.78 is 19.4. The van der Waals surface area contributed by atoms with Crippen LogP contribution in [0.1, 0.15) is 116 Å². The number of hydrogen-bond donors (Lipinski definition) is 0. The standard InChI is InChI=1S/C42H63ClN6O4Si/c1-40(2,3)53-39(50)49-29-15-16-30(49)24-47(23-29)37-32-18-22-46(35-12-9-11-33(43)36(35)28-13-14-28)25-34(32)44-38(45-37)51-27-42-19-10-21-48(42)31(17-20-42)26-52-54(7,8)41(4,5)6/h9,11-12,28-31H,10,13-27H2,1-8H3/t29-,30+,31?,42?. The molecule has 6 heterocycles. The molecule has 5 aliphatic heterocycles. The molecule has 296 valence electrons. The van der Waals surface area contributed by atoms with Crippen LogP contribution in [0.3, 0.4) is 0 Å². The number of carbonyl (C=O) groups excluding carboxylic acids is 1. The summed E-state index contributed by atoms with van der Waals surface area (Å²) in [6, 6.07) is 7.44. The molecule has 10 nitrogen and oxygen atoms in total. The van der Waals surface area contributed by atoms with Crippen LogP contribution in [0.2, 0.25) is 23.2 Å². The van der Waals surface area contributed by atoms with Crippen molar-refractivity contribution >= 4 is 37.5 Å². The van der Waals surface area contributed by atoms with Crippen LogP contribution in [0.4, 0.5) is 16.3 Å². The van der Waals surface area contributed by atoms with Gasteiger partial charge >= 0.3 is 12.1 Å². The zero-order valence-corrected chi connectivity index (χ0v) is 35.8. The average molecular weight is 780 g/mol. The van der Waals surface area contributed by atoms with Crippen molar-refractivity contribution in [2.24, 2.45) is 0 Å². The molecule has 4 atom stereocenters. The third-order valence-corrected chi connectivity index (χ3v) is 18.5. The van der Waals surface area contributed by atoms with E-state index in [9.17, 15) is 4.79 Å². The van der Waals surface area contributed by atoms with Gasteiger partial charge < -0.3 is 23.7 Å². The number of halogens is 1. The van der Waals surface area contributed by atoms with Crippen molar-refractivity contribution in [2.75, 3.05) is 49.2 Å². The van der Waals surface area contributed by atoms with Crippen LogP contribution in [-0.4, -0.2) is 103 Å². The molecule has 1 aromatic carbocycles. The number of anilines is 2. The SMILES string of the molecule is CC(C)(C)OC(=O)N1[C@@H]2CC[C@H]1CN(c1nc(OCC34CCCN3C(CO[Si](C)(C)C(C)(C)C)CC4)nc3c1CCN(c1cccc(Cl)c1C1CC1)C3)C2. The van der Waals surface area contributed by atoms with E-state index in [2.05, 4.69) is 60.7 Å². The number of ether oxygens (including phenoxy) is 2. The lowest BCUT2D eigenvalue weighted by Gasteiger charge is -2.43. The van der Waals surface area contributed by atoms with Gasteiger partial charge in [-0.1, -0.05) is 38.4 Å². The fourth-order valence-corrected chi connectivity index (χ4v) is 11.1. The minimum absolute atomic E-state index is 0.00891. The Kier molecular flexibility index (Phi) is 9.99. The van der Waals surface area contributed by atoms with Crippen molar-refractivity contribution in [1.29, 1.82) is 0 Å². The van der Waals surface area contributed by atoms with Crippen LogP contribution in [0, 0.1) is 0 Å². The second kappa shape index (κ2) is 14.1. The summed E-state index contributed by atoms with van der Waals surface area (Å²) in [5.74, 6) is 1.53. The van der Waals surface area contributed by atoms with E-state index in [0.29, 0.717) is 31.1 Å². The van der Waals surface area contributed by atoms with E-state index in [-0.39, 0.29) is 28.8 Å². The molecule has 1 amide bonds. The lowest BCUT2D eigenvalue weighted by molar-refractivity contribution is 0.0122. The average Bonchev–Trinajstić information content (AvgIpc) is 3.67. The number of carbonyl (C=O) groups is 1. The number of amides is 1. The molecule has 1 aliphatic carbocycles. The summed E-state index contributed by atoms with van der Waals surface area (Å²) in [7, 11) is -1.84. The molecular formula is C42H63ClN6O4Si. The van der Waals surface area contributed by atoms with Crippen LogP contribution in [-0.2, 0) is 22.1 Å². The Morgan fingerprint density at radius 1 is 0.963 bits per heavy atom. The predicted octanol–water partition coefficient (Wildman–Crippen LogP) is 8.56. The van der Waals surface area contributed by atoms with Crippen LogP contribution in [0.5, 0.6) is 6.01 Å². The van der Waals surface area contributed by atoms with E-state index in [4.69, 9.17) is 35.5 Å². The topological polar surface area (TPSA) is 83.5 Å². The number of fused-ring (bicyclic) bond motifs is 4. The fraction of sp³-hybridized carbons (Fsp3) is 0.738. The molecule has 6 aliphatic rings. The monoisotopic (exact) mass is 778 g/mol. The molecular weight excluding hydrogens is 716 g/mol. The van der Waals surface area contributed by atoms with Gasteiger partial charge in [0.15, 0.2) is 8.32 Å². The molecule has 54 heavy (non-hydrogen) atoms. The van der Waals surface area contributed by atoms with E-state index in [1.165, 1.54) is 36.1 Å². The first-order chi connectivity index (χ1) is 25.5. The normalized spacial score (nSPS) is 27.4. The maximum atomic E-state index is 13.4. The Morgan fingerprint density at radius 3 is 2.39 bits per heavy atom. The van der Waals surface area contributed by atoms with Gasteiger partial charge in [-0.15, -0.1) is 0 Å². The van der Waals surface area contributed by atoms with Gasteiger partial charge in [0.05, 0.1) is 29.9 Å². The summed E-state index contributed by atoms with van der Waals surface area (Å²) in [6.07, 6.45) is 9.55. The van der Waals surface area contributed by atoms with Gasteiger partial charge in [0, 0.05) is 48.6 Å². The van der Waals surface area contributed by atoms with Crippen molar-refractivity contribution in [1.82, 2.24) is 19.8 Å². The quantitative estimate of drug-likeness (QED) is 0.233. The highest BCUT2D eigenvalue weighted by molar-refractivity contribution is 6.74. The molecule has 0 radical (unpaired) electrons. The molecule has 2 unspecified atom stereocenters. The number of rotatable bonds is 9. The highest BCUT2D eigenvalue weighted by atomic mass is 35.5. The van der Waals surface area contributed by atoms with E-state index in [0.717, 1.165) is 87.8 Å². The highest BCUT2D eigenvalue weighted by Crippen LogP contribution is 2.49. The summed E-state index contributed by atoms with van der Waals surface area (Å²) in [5.41, 5.74) is 4.24. The summed E-state index contributed by atoms with van der Waals surface area (Å²) in [6.45, 7) is 23.0. The molecule has 1 saturated carbocycles. The van der Waals surface area contributed by atoms with Crippen molar-refractivity contribution in [3.63, 3.8) is 0 Å². The van der Waals surface area contributed by atoms with Gasteiger partial charge in [0.2, 0.25) is 0 Å². The van der Waals surface area contributed by atoms with Crippen LogP contribution in [0.15, 0.2) is 18.2 Å². The predicted molar refractivity (Wildman–Crippen MR) is 218 cm³/mol. The maximum absolute atomic E-state index is 13.4. The van der Waals surface area contributed by atoms with Crippen molar-refractivity contribution < 1.29 is 18.7 Å². The Hall–Kier alpha value is -2.60. The first kappa shape index (κ1) is 38.3. The third kappa shape index (κ3) is 7.36. The molecule has 8 rings (SSSR count). The zero-order valence-electron chi connectivity index (χ0n) is 34.0. The van der Waals surface area contributed by atoms with Gasteiger partial charge in [-0.2, -0.15) is 9.97 Å². The van der Waals surface area contributed by atoms with E-state index in [1.54, 1.807) is 0 Å². The van der Waals surface area contributed by atoms with Gasteiger partial charge in [-0.25, -0.2) is 4.79 Å². The summed E-state index contributed by atoms with van der Waals surface area (Å²) in [5, 5.41) is 1.07. The van der Waals surface area contributed by atoms with Gasteiger partial charge in [0.1, 0.15) is 18.0 Å². The maximum Gasteiger partial charge on any atom is 0.410 e. The van der Waals surface area contributed by atoms with E-state index in [1.807, 2.05) is 31.7 Å². The number of benzene rings is 1. The lowest BCUT2D eigenvalue weighted by atomic mass is 9.95. The van der Waals surface area contributed by atoms with Crippen LogP contribution >= 0.6 is 11.6 Å². The second-order valence-electron chi connectivity index (χ2n) is 19.6. The molecule has 0 spiro atoms. The first-order valence-corrected chi connectivity index (χ1v) is 24.0. The number of aromatic nitrogens is 2. The smallest absolute Gasteiger partial charge is 0.410 e. The van der Waals surface area contributed by atoms with Gasteiger partial charge in [0.25, 0.3) is 0 Å². The Balaban J connectivity index is 1.05. The van der Waals surface area contributed by atoms with Crippen molar-refractivity contribution in [3.8, 4) is 6.01 Å². The molecule has 2 bridgehead atoms. The lowest BCUT2D eigenvalue weighted by Crippen LogP contribution is -2.57. The molecule has 2 aromatic rings. The third-order valence-electron chi connectivity index (χ3n) is 13.7. The van der Waals surface area contributed by atoms with Crippen molar-refractivity contribution in [3.05, 3.63) is 40.0 Å². The molecule has 4 saturated heterocycles. The van der Waals surface area contributed by atoms with E-state index < -0.39 is 13.9 Å². The molecule has 5 fully saturated rings. The van der Waals surface area contributed by atoms with Crippen molar-refractivity contribution in [2.45, 2.75) is 159 Å². The largest absolute Gasteiger partial charge is 0.461 e. The van der Waals surface area contributed by atoms with E-state index >= 15 is 0 Å².